The first-order valence-corrected chi connectivity index (χ1v) is 6.90. The highest BCUT2D eigenvalue weighted by Crippen LogP contribution is 2.27. The molecule has 6 nitrogen and oxygen atoms in total. The highest BCUT2D eigenvalue weighted by molar-refractivity contribution is 9.10. The summed E-state index contributed by atoms with van der Waals surface area (Å²) in [6.45, 7) is 5.23. The number of nitrogens with zero attached hydrogens (tertiary/aromatic N) is 3. The van der Waals surface area contributed by atoms with Crippen molar-refractivity contribution in [1.29, 1.82) is 0 Å². The highest BCUT2D eigenvalue weighted by atomic mass is 79.9. The lowest BCUT2D eigenvalue weighted by atomic mass is 10.4. The van der Waals surface area contributed by atoms with Crippen LogP contribution in [0.1, 0.15) is 20.3 Å². The molecule has 2 aromatic rings. The molecule has 2 heterocycles. The van der Waals surface area contributed by atoms with E-state index >= 15 is 0 Å². The molecule has 0 aliphatic heterocycles. The van der Waals surface area contributed by atoms with Crippen LogP contribution in [0, 0.1) is 0 Å². The number of hydrogen-bond donors (Lipinski definition) is 1. The molecule has 0 aliphatic rings. The summed E-state index contributed by atoms with van der Waals surface area (Å²) in [5.41, 5.74) is 0. The van der Waals surface area contributed by atoms with Gasteiger partial charge >= 0.3 is 6.01 Å². The zero-order valence-corrected chi connectivity index (χ0v) is 12.4. The number of aromatic nitrogens is 3. The predicted octanol–water partition coefficient (Wildman–Crippen LogP) is 3.11. The summed E-state index contributed by atoms with van der Waals surface area (Å²) in [5, 5.41) is 3.12. The highest BCUT2D eigenvalue weighted by Gasteiger charge is 2.14. The minimum Gasteiger partial charge on any atom is -0.464 e. The zero-order valence-electron chi connectivity index (χ0n) is 10.8. The molecule has 102 valence electrons. The first-order chi connectivity index (χ1) is 9.24. The summed E-state index contributed by atoms with van der Waals surface area (Å²) in [6, 6.07) is 2.08. The summed E-state index contributed by atoms with van der Waals surface area (Å²) in [6.07, 6.45) is 2.55. The molecule has 0 radical (unpaired) electrons. The molecule has 2 aromatic heterocycles. The topological polar surface area (TPSA) is 73.1 Å². The Labute approximate surface area is 119 Å². The molecule has 0 atom stereocenters. The van der Waals surface area contributed by atoms with Gasteiger partial charge in [0.05, 0.1) is 17.3 Å². The van der Waals surface area contributed by atoms with E-state index in [0.717, 1.165) is 17.4 Å². The zero-order chi connectivity index (χ0) is 13.7. The van der Waals surface area contributed by atoms with Crippen LogP contribution in [0.5, 0.6) is 6.01 Å². The molecule has 19 heavy (non-hydrogen) atoms. The Hall–Kier alpha value is -1.63. The quantitative estimate of drug-likeness (QED) is 0.879. The first kappa shape index (κ1) is 13.8. The molecule has 0 spiro atoms. The first-order valence-electron chi connectivity index (χ1n) is 6.10. The van der Waals surface area contributed by atoms with E-state index < -0.39 is 0 Å². The van der Waals surface area contributed by atoms with Crippen molar-refractivity contribution in [3.8, 4) is 17.6 Å². The summed E-state index contributed by atoms with van der Waals surface area (Å²) in [7, 11) is 0. The SMILES string of the molecule is CCCNc1nc(OCC)nc(-c2occc2Br)n1. The van der Waals surface area contributed by atoms with Gasteiger partial charge in [0.1, 0.15) is 0 Å². The van der Waals surface area contributed by atoms with Crippen molar-refractivity contribution in [3.63, 3.8) is 0 Å². The van der Waals surface area contributed by atoms with Crippen LogP contribution < -0.4 is 10.1 Å². The van der Waals surface area contributed by atoms with Gasteiger partial charge in [0.2, 0.25) is 11.8 Å². The van der Waals surface area contributed by atoms with E-state index in [2.05, 4.69) is 43.1 Å². The Kier molecular flexibility index (Phi) is 4.73. The van der Waals surface area contributed by atoms with Crippen molar-refractivity contribution < 1.29 is 9.15 Å². The molecular weight excluding hydrogens is 312 g/mol. The Morgan fingerprint density at radius 3 is 2.79 bits per heavy atom. The fraction of sp³-hybridized carbons (Fsp3) is 0.417. The Balaban J connectivity index is 2.36. The van der Waals surface area contributed by atoms with Crippen molar-refractivity contribution in [2.75, 3.05) is 18.5 Å². The van der Waals surface area contributed by atoms with Gasteiger partial charge in [-0.3, -0.25) is 0 Å². The van der Waals surface area contributed by atoms with Crippen LogP contribution >= 0.6 is 15.9 Å². The van der Waals surface area contributed by atoms with Crippen molar-refractivity contribution in [2.45, 2.75) is 20.3 Å². The smallest absolute Gasteiger partial charge is 0.321 e. The summed E-state index contributed by atoms with van der Waals surface area (Å²) >= 11 is 3.39. The fourth-order valence-corrected chi connectivity index (χ4v) is 1.80. The monoisotopic (exact) mass is 326 g/mol. The molecule has 0 fully saturated rings. The average molecular weight is 327 g/mol. The van der Waals surface area contributed by atoms with Crippen LogP contribution in [0.25, 0.3) is 11.6 Å². The maximum Gasteiger partial charge on any atom is 0.321 e. The third kappa shape index (κ3) is 3.44. The van der Waals surface area contributed by atoms with Crippen molar-refractivity contribution in [1.82, 2.24) is 15.0 Å². The molecule has 0 saturated heterocycles. The normalized spacial score (nSPS) is 10.5. The number of nitrogens with one attached hydrogen (secondary N) is 1. The van der Waals surface area contributed by atoms with Crippen LogP contribution in [0.3, 0.4) is 0 Å². The van der Waals surface area contributed by atoms with E-state index in [1.807, 2.05) is 6.92 Å². The minimum atomic E-state index is 0.286. The predicted molar refractivity (Wildman–Crippen MR) is 75.2 cm³/mol. The minimum absolute atomic E-state index is 0.286. The molecular formula is C12H15BrN4O2. The second-order valence-corrected chi connectivity index (χ2v) is 4.58. The van der Waals surface area contributed by atoms with Crippen LogP contribution in [0.2, 0.25) is 0 Å². The number of hydrogen-bond acceptors (Lipinski definition) is 6. The lowest BCUT2D eigenvalue weighted by Gasteiger charge is -2.07. The van der Waals surface area contributed by atoms with Gasteiger partial charge in [-0.05, 0) is 35.3 Å². The van der Waals surface area contributed by atoms with Gasteiger partial charge in [-0.1, -0.05) is 6.92 Å². The lowest BCUT2D eigenvalue weighted by Crippen LogP contribution is -2.08. The maximum atomic E-state index is 5.36. The molecule has 1 N–H and O–H groups in total. The summed E-state index contributed by atoms with van der Waals surface area (Å²) in [4.78, 5) is 12.7. The second-order valence-electron chi connectivity index (χ2n) is 3.72. The van der Waals surface area contributed by atoms with Crippen molar-refractivity contribution in [3.05, 3.63) is 16.8 Å². The van der Waals surface area contributed by atoms with E-state index in [1.165, 1.54) is 0 Å². The van der Waals surface area contributed by atoms with Crippen LogP contribution in [0.4, 0.5) is 5.95 Å². The number of halogens is 1. The van der Waals surface area contributed by atoms with Gasteiger partial charge < -0.3 is 14.5 Å². The van der Waals surface area contributed by atoms with E-state index in [0.29, 0.717) is 24.1 Å². The van der Waals surface area contributed by atoms with Gasteiger partial charge in [0, 0.05) is 6.54 Å². The van der Waals surface area contributed by atoms with Gasteiger partial charge in [-0.2, -0.15) is 15.0 Å². The third-order valence-corrected chi connectivity index (χ3v) is 2.87. The largest absolute Gasteiger partial charge is 0.464 e. The molecule has 0 aliphatic carbocycles. The Bertz CT molecular complexity index is 544. The van der Waals surface area contributed by atoms with Crippen molar-refractivity contribution >= 4 is 21.9 Å². The van der Waals surface area contributed by atoms with Crippen LogP contribution in [-0.4, -0.2) is 28.1 Å². The number of furan rings is 1. The molecule has 0 bridgehead atoms. The Morgan fingerprint density at radius 1 is 1.32 bits per heavy atom. The van der Waals surface area contributed by atoms with Crippen molar-refractivity contribution in [2.24, 2.45) is 0 Å². The van der Waals surface area contributed by atoms with Gasteiger partial charge in [-0.15, -0.1) is 0 Å². The summed E-state index contributed by atoms with van der Waals surface area (Å²) in [5.74, 6) is 1.48. The molecule has 0 unspecified atom stereocenters. The number of rotatable bonds is 6. The molecule has 7 heteroatoms. The maximum absolute atomic E-state index is 5.36. The van der Waals surface area contributed by atoms with E-state index in [4.69, 9.17) is 9.15 Å². The van der Waals surface area contributed by atoms with Crippen LogP contribution in [-0.2, 0) is 0 Å². The van der Waals surface area contributed by atoms with Gasteiger partial charge in [-0.25, -0.2) is 0 Å². The van der Waals surface area contributed by atoms with Crippen LogP contribution in [0.15, 0.2) is 21.2 Å². The second kappa shape index (κ2) is 6.51. The standard InChI is InChI=1S/C12H15BrN4O2/c1-3-6-14-11-15-10(9-8(13)5-7-19-9)16-12(17-11)18-4-2/h5,7H,3-4,6H2,1-2H3,(H,14,15,16,17). The fourth-order valence-electron chi connectivity index (χ4n) is 1.42. The summed E-state index contributed by atoms with van der Waals surface area (Å²) < 4.78 is 11.5. The molecule has 0 amide bonds. The molecule has 0 saturated carbocycles. The molecule has 2 rings (SSSR count). The number of anilines is 1. The van der Waals surface area contributed by atoms with E-state index in [9.17, 15) is 0 Å². The number of ether oxygens (including phenoxy) is 1. The average Bonchev–Trinajstić information content (AvgIpc) is 2.83. The van der Waals surface area contributed by atoms with E-state index in [1.54, 1.807) is 12.3 Å². The lowest BCUT2D eigenvalue weighted by molar-refractivity contribution is 0.312. The third-order valence-electron chi connectivity index (χ3n) is 2.24. The van der Waals surface area contributed by atoms with E-state index in [-0.39, 0.29) is 6.01 Å². The molecule has 0 aromatic carbocycles. The van der Waals surface area contributed by atoms with Gasteiger partial charge in [0.15, 0.2) is 5.76 Å². The Morgan fingerprint density at radius 2 is 2.16 bits per heavy atom. The van der Waals surface area contributed by atoms with Gasteiger partial charge in [0.25, 0.3) is 0 Å².